The summed E-state index contributed by atoms with van der Waals surface area (Å²) in [7, 11) is 4.00. The molecule has 0 amide bonds. The van der Waals surface area contributed by atoms with Crippen LogP contribution in [-0.4, -0.2) is 19.0 Å². The summed E-state index contributed by atoms with van der Waals surface area (Å²) in [6.07, 6.45) is 0. The van der Waals surface area contributed by atoms with Crippen LogP contribution in [0.25, 0.3) is 21.9 Å². The van der Waals surface area contributed by atoms with Crippen LogP contribution in [0.1, 0.15) is 5.56 Å². The first-order valence-electron chi connectivity index (χ1n) is 6.25. The van der Waals surface area contributed by atoms with Crippen molar-refractivity contribution in [3.63, 3.8) is 0 Å². The van der Waals surface area contributed by atoms with Crippen molar-refractivity contribution < 1.29 is 4.42 Å². The van der Waals surface area contributed by atoms with E-state index in [-0.39, 0.29) is 5.43 Å². The van der Waals surface area contributed by atoms with Gasteiger partial charge in [-0.15, -0.1) is 0 Å². The molecule has 0 saturated heterocycles. The van der Waals surface area contributed by atoms with Crippen LogP contribution in [-0.2, 0) is 6.54 Å². The van der Waals surface area contributed by atoms with Gasteiger partial charge in [-0.05, 0) is 32.3 Å². The van der Waals surface area contributed by atoms with Crippen LogP contribution in [0.15, 0.2) is 51.7 Å². The number of para-hydroxylation sites is 2. The third-order valence-corrected chi connectivity index (χ3v) is 3.17. The number of hydrogen-bond acceptors (Lipinski definition) is 3. The topological polar surface area (TPSA) is 33.5 Å². The fourth-order valence-corrected chi connectivity index (χ4v) is 2.35. The van der Waals surface area contributed by atoms with Gasteiger partial charge >= 0.3 is 0 Å². The molecule has 3 heteroatoms. The van der Waals surface area contributed by atoms with Gasteiger partial charge in [-0.2, -0.15) is 0 Å². The second kappa shape index (κ2) is 4.52. The molecule has 96 valence electrons. The first-order chi connectivity index (χ1) is 9.16. The zero-order valence-corrected chi connectivity index (χ0v) is 11.0. The van der Waals surface area contributed by atoms with E-state index in [1.54, 1.807) is 6.07 Å². The molecule has 0 atom stereocenters. The molecule has 0 aliphatic rings. The second-order valence-electron chi connectivity index (χ2n) is 4.96. The van der Waals surface area contributed by atoms with E-state index < -0.39 is 0 Å². The molecule has 0 spiro atoms. The Balaban J connectivity index is 2.41. The maximum absolute atomic E-state index is 12.5. The predicted molar refractivity (Wildman–Crippen MR) is 77.4 cm³/mol. The normalized spacial score (nSPS) is 11.5. The largest absolute Gasteiger partial charge is 0.455 e. The van der Waals surface area contributed by atoms with E-state index in [4.69, 9.17) is 4.42 Å². The molecule has 1 aromatic heterocycles. The van der Waals surface area contributed by atoms with Gasteiger partial charge < -0.3 is 9.32 Å². The van der Waals surface area contributed by atoms with E-state index in [0.717, 1.165) is 12.1 Å². The smallest absolute Gasteiger partial charge is 0.200 e. The number of rotatable bonds is 2. The van der Waals surface area contributed by atoms with Crippen molar-refractivity contribution in [3.8, 4) is 0 Å². The lowest BCUT2D eigenvalue weighted by molar-refractivity contribution is 0.401. The molecule has 3 rings (SSSR count). The van der Waals surface area contributed by atoms with Crippen LogP contribution < -0.4 is 5.43 Å². The van der Waals surface area contributed by atoms with Gasteiger partial charge in [0, 0.05) is 12.1 Å². The number of benzene rings is 2. The summed E-state index contributed by atoms with van der Waals surface area (Å²) in [5, 5.41) is 1.29. The van der Waals surface area contributed by atoms with E-state index >= 15 is 0 Å². The van der Waals surface area contributed by atoms with Gasteiger partial charge in [-0.1, -0.05) is 24.3 Å². The molecule has 0 radical (unpaired) electrons. The molecule has 0 bridgehead atoms. The quantitative estimate of drug-likeness (QED) is 0.658. The molecule has 0 fully saturated rings. The molecule has 0 N–H and O–H groups in total. The van der Waals surface area contributed by atoms with Crippen LogP contribution in [0, 0.1) is 0 Å². The van der Waals surface area contributed by atoms with Crippen molar-refractivity contribution in [3.05, 3.63) is 58.3 Å². The van der Waals surface area contributed by atoms with Gasteiger partial charge in [0.2, 0.25) is 5.43 Å². The lowest BCUT2D eigenvalue weighted by Crippen LogP contribution is -2.12. The lowest BCUT2D eigenvalue weighted by Gasteiger charge is -2.11. The van der Waals surface area contributed by atoms with Crippen LogP contribution in [0.2, 0.25) is 0 Å². The molecule has 1 heterocycles. The van der Waals surface area contributed by atoms with E-state index in [9.17, 15) is 4.79 Å². The highest BCUT2D eigenvalue weighted by atomic mass is 16.3. The van der Waals surface area contributed by atoms with Gasteiger partial charge in [-0.3, -0.25) is 4.79 Å². The Morgan fingerprint density at radius 2 is 1.74 bits per heavy atom. The maximum atomic E-state index is 12.5. The van der Waals surface area contributed by atoms with Crippen LogP contribution in [0.5, 0.6) is 0 Å². The average Bonchev–Trinajstić information content (AvgIpc) is 2.40. The third kappa shape index (κ3) is 2.02. The highest BCUT2D eigenvalue weighted by Gasteiger charge is 2.10. The molecule has 3 nitrogen and oxygen atoms in total. The number of hydrogen-bond donors (Lipinski definition) is 0. The highest BCUT2D eigenvalue weighted by Crippen LogP contribution is 2.22. The minimum Gasteiger partial charge on any atom is -0.455 e. The fourth-order valence-electron chi connectivity index (χ4n) is 2.35. The van der Waals surface area contributed by atoms with Crippen LogP contribution >= 0.6 is 0 Å². The van der Waals surface area contributed by atoms with E-state index in [0.29, 0.717) is 21.9 Å². The minimum absolute atomic E-state index is 0.0393. The van der Waals surface area contributed by atoms with Crippen LogP contribution in [0.4, 0.5) is 0 Å². The first kappa shape index (κ1) is 11.9. The highest BCUT2D eigenvalue weighted by molar-refractivity contribution is 5.90. The fraction of sp³-hybridized carbons (Fsp3) is 0.188. The van der Waals surface area contributed by atoms with Crippen molar-refractivity contribution in [2.75, 3.05) is 14.1 Å². The monoisotopic (exact) mass is 253 g/mol. The Kier molecular flexibility index (Phi) is 2.84. The van der Waals surface area contributed by atoms with E-state index in [1.165, 1.54) is 0 Å². The standard InChI is InChI=1S/C16H15NO2/c1-17(2)10-11-6-5-8-13-15(18)12-7-3-4-9-14(12)19-16(11)13/h3-9H,10H2,1-2H3. The molecule has 0 saturated carbocycles. The Hall–Kier alpha value is -2.13. The van der Waals surface area contributed by atoms with E-state index in [1.807, 2.05) is 50.5 Å². The van der Waals surface area contributed by atoms with Crippen molar-refractivity contribution in [1.82, 2.24) is 4.90 Å². The Bertz CT molecular complexity index is 803. The third-order valence-electron chi connectivity index (χ3n) is 3.17. The van der Waals surface area contributed by atoms with Gasteiger partial charge in [0.1, 0.15) is 11.2 Å². The summed E-state index contributed by atoms with van der Waals surface area (Å²) in [4.78, 5) is 14.5. The summed E-state index contributed by atoms with van der Waals surface area (Å²) >= 11 is 0. The van der Waals surface area contributed by atoms with E-state index in [2.05, 4.69) is 4.90 Å². The SMILES string of the molecule is CN(C)Cc1cccc2c(=O)c3ccccc3oc12. The van der Waals surface area contributed by atoms with Crippen molar-refractivity contribution in [1.29, 1.82) is 0 Å². The van der Waals surface area contributed by atoms with Gasteiger partial charge in [-0.25, -0.2) is 0 Å². The van der Waals surface area contributed by atoms with Crippen molar-refractivity contribution in [2.45, 2.75) is 6.54 Å². The first-order valence-corrected chi connectivity index (χ1v) is 6.25. The average molecular weight is 253 g/mol. The van der Waals surface area contributed by atoms with Gasteiger partial charge in [0.15, 0.2) is 0 Å². The van der Waals surface area contributed by atoms with Gasteiger partial charge in [0.25, 0.3) is 0 Å². The zero-order chi connectivity index (χ0) is 13.4. The number of fused-ring (bicyclic) bond motifs is 2. The van der Waals surface area contributed by atoms with Crippen molar-refractivity contribution >= 4 is 21.9 Å². The Labute approximate surface area is 111 Å². The maximum Gasteiger partial charge on any atom is 0.200 e. The summed E-state index contributed by atoms with van der Waals surface area (Å²) in [5.41, 5.74) is 2.41. The zero-order valence-electron chi connectivity index (χ0n) is 11.0. The molecular formula is C16H15NO2. The Morgan fingerprint density at radius 1 is 1.00 bits per heavy atom. The Morgan fingerprint density at radius 3 is 2.53 bits per heavy atom. The minimum atomic E-state index is 0.0393. The molecular weight excluding hydrogens is 238 g/mol. The summed E-state index contributed by atoms with van der Waals surface area (Å²) in [6, 6.07) is 13.1. The summed E-state index contributed by atoms with van der Waals surface area (Å²) in [5.74, 6) is 0. The summed E-state index contributed by atoms with van der Waals surface area (Å²) < 4.78 is 5.93. The lowest BCUT2D eigenvalue weighted by atomic mass is 10.1. The molecule has 3 aromatic rings. The van der Waals surface area contributed by atoms with Crippen molar-refractivity contribution in [2.24, 2.45) is 0 Å². The van der Waals surface area contributed by atoms with Crippen LogP contribution in [0.3, 0.4) is 0 Å². The molecule has 0 unspecified atom stereocenters. The number of nitrogens with zero attached hydrogens (tertiary/aromatic N) is 1. The molecule has 0 aliphatic carbocycles. The predicted octanol–water partition coefficient (Wildman–Crippen LogP) is 3.01. The summed E-state index contributed by atoms with van der Waals surface area (Å²) in [6.45, 7) is 0.749. The van der Waals surface area contributed by atoms with Gasteiger partial charge in [0.05, 0.1) is 10.8 Å². The second-order valence-corrected chi connectivity index (χ2v) is 4.96. The molecule has 19 heavy (non-hydrogen) atoms. The molecule has 0 aliphatic heterocycles. The molecule has 2 aromatic carbocycles.